The van der Waals surface area contributed by atoms with E-state index in [-0.39, 0.29) is 0 Å². The Labute approximate surface area is 128 Å². The summed E-state index contributed by atoms with van der Waals surface area (Å²) in [6.07, 6.45) is 3.71. The predicted octanol–water partition coefficient (Wildman–Crippen LogP) is 4.61. The van der Waals surface area contributed by atoms with Gasteiger partial charge in [-0.15, -0.1) is 0 Å². The number of hydrogen-bond donors (Lipinski definition) is 1. The van der Waals surface area contributed by atoms with Crippen molar-refractivity contribution in [2.75, 3.05) is 11.9 Å². The molecule has 1 aliphatic rings. The number of halogens is 1. The lowest BCUT2D eigenvalue weighted by molar-refractivity contribution is 0.402. The van der Waals surface area contributed by atoms with Crippen LogP contribution in [0.15, 0.2) is 34.8 Å². The number of rotatable bonds is 4. The van der Waals surface area contributed by atoms with E-state index < -0.39 is 0 Å². The molecular formula is C16H18BrN3. The molecule has 1 aromatic carbocycles. The molecule has 1 saturated carbocycles. The van der Waals surface area contributed by atoms with E-state index in [1.165, 1.54) is 19.3 Å². The molecule has 0 saturated heterocycles. The van der Waals surface area contributed by atoms with Gasteiger partial charge in [0.05, 0.1) is 10.2 Å². The quantitative estimate of drug-likeness (QED) is 0.889. The summed E-state index contributed by atoms with van der Waals surface area (Å²) in [6, 6.07) is 10.3. The average Bonchev–Trinajstić information content (AvgIpc) is 2.41. The van der Waals surface area contributed by atoms with Crippen molar-refractivity contribution in [2.45, 2.75) is 32.1 Å². The first-order valence-corrected chi connectivity index (χ1v) is 7.95. The van der Waals surface area contributed by atoms with Crippen LogP contribution in [-0.4, -0.2) is 16.5 Å². The molecule has 0 spiro atoms. The smallest absolute Gasteiger partial charge is 0.144 e. The van der Waals surface area contributed by atoms with Crippen molar-refractivity contribution in [1.29, 1.82) is 0 Å². The summed E-state index contributed by atoms with van der Waals surface area (Å²) in [4.78, 5) is 9.51. The topological polar surface area (TPSA) is 37.8 Å². The van der Waals surface area contributed by atoms with Gasteiger partial charge in [-0.25, -0.2) is 9.97 Å². The minimum absolute atomic E-state index is 0.531. The van der Waals surface area contributed by atoms with Crippen LogP contribution >= 0.6 is 15.9 Å². The van der Waals surface area contributed by atoms with Crippen LogP contribution in [0, 0.1) is 0 Å². The summed E-state index contributed by atoms with van der Waals surface area (Å²) in [5.41, 5.74) is 2.11. The van der Waals surface area contributed by atoms with Gasteiger partial charge in [-0.3, -0.25) is 0 Å². The molecule has 0 aliphatic heterocycles. The lowest BCUT2D eigenvalue weighted by Gasteiger charge is -2.25. The SMILES string of the molecule is CCNc1nc(C2CCC2)nc(-c2ccccc2)c1Br. The third-order valence-electron chi connectivity index (χ3n) is 3.73. The molecule has 20 heavy (non-hydrogen) atoms. The first-order chi connectivity index (χ1) is 9.79. The van der Waals surface area contributed by atoms with Crippen molar-refractivity contribution >= 4 is 21.7 Å². The van der Waals surface area contributed by atoms with Gasteiger partial charge in [0.15, 0.2) is 0 Å². The monoisotopic (exact) mass is 331 g/mol. The van der Waals surface area contributed by atoms with Crippen molar-refractivity contribution < 1.29 is 0 Å². The van der Waals surface area contributed by atoms with Crippen molar-refractivity contribution in [2.24, 2.45) is 0 Å². The Kier molecular flexibility index (Phi) is 4.01. The zero-order chi connectivity index (χ0) is 13.9. The molecule has 0 atom stereocenters. The number of benzene rings is 1. The van der Waals surface area contributed by atoms with Gasteiger partial charge in [0.1, 0.15) is 11.6 Å². The van der Waals surface area contributed by atoms with Crippen LogP contribution in [0.5, 0.6) is 0 Å². The van der Waals surface area contributed by atoms with Gasteiger partial charge in [0.25, 0.3) is 0 Å². The van der Waals surface area contributed by atoms with Gasteiger partial charge in [0.2, 0.25) is 0 Å². The summed E-state index contributed by atoms with van der Waals surface area (Å²) in [7, 11) is 0. The number of aromatic nitrogens is 2. The van der Waals surface area contributed by atoms with E-state index in [0.29, 0.717) is 5.92 Å². The van der Waals surface area contributed by atoms with E-state index in [1.807, 2.05) is 18.2 Å². The lowest BCUT2D eigenvalue weighted by atomic mass is 9.85. The largest absolute Gasteiger partial charge is 0.369 e. The molecule has 104 valence electrons. The third kappa shape index (κ3) is 2.57. The Bertz CT molecular complexity index is 594. The molecule has 4 heteroatoms. The van der Waals surface area contributed by atoms with Crippen molar-refractivity contribution in [3.05, 3.63) is 40.6 Å². The fourth-order valence-corrected chi connectivity index (χ4v) is 2.93. The molecule has 1 aliphatic carbocycles. The molecular weight excluding hydrogens is 314 g/mol. The molecule has 0 radical (unpaired) electrons. The van der Waals surface area contributed by atoms with Gasteiger partial charge in [-0.1, -0.05) is 36.8 Å². The molecule has 0 unspecified atom stereocenters. The lowest BCUT2D eigenvalue weighted by Crippen LogP contribution is -2.15. The molecule has 1 fully saturated rings. The van der Waals surface area contributed by atoms with Gasteiger partial charge < -0.3 is 5.32 Å². The first-order valence-electron chi connectivity index (χ1n) is 7.16. The van der Waals surface area contributed by atoms with Gasteiger partial charge in [0, 0.05) is 18.0 Å². The molecule has 3 nitrogen and oxygen atoms in total. The highest BCUT2D eigenvalue weighted by Gasteiger charge is 2.24. The maximum atomic E-state index is 4.81. The molecule has 2 aromatic rings. The minimum Gasteiger partial charge on any atom is -0.369 e. The Hall–Kier alpha value is -1.42. The summed E-state index contributed by atoms with van der Waals surface area (Å²) in [6.45, 7) is 2.94. The molecule has 1 aromatic heterocycles. The Morgan fingerprint density at radius 1 is 1.20 bits per heavy atom. The molecule has 0 bridgehead atoms. The highest BCUT2D eigenvalue weighted by molar-refractivity contribution is 9.10. The van der Waals surface area contributed by atoms with Crippen LogP contribution in [0.1, 0.15) is 37.9 Å². The number of hydrogen-bond acceptors (Lipinski definition) is 3. The Morgan fingerprint density at radius 3 is 2.55 bits per heavy atom. The second-order valence-corrected chi connectivity index (χ2v) is 5.91. The van der Waals surface area contributed by atoms with Crippen molar-refractivity contribution in [3.8, 4) is 11.3 Å². The van der Waals surface area contributed by atoms with E-state index >= 15 is 0 Å². The van der Waals surface area contributed by atoms with E-state index in [9.17, 15) is 0 Å². The van der Waals surface area contributed by atoms with Crippen molar-refractivity contribution in [1.82, 2.24) is 9.97 Å². The molecule has 1 N–H and O–H groups in total. The van der Waals surface area contributed by atoms with Crippen LogP contribution < -0.4 is 5.32 Å². The zero-order valence-corrected chi connectivity index (χ0v) is 13.2. The second kappa shape index (κ2) is 5.92. The van der Waals surface area contributed by atoms with E-state index in [0.717, 1.165) is 33.9 Å². The Balaban J connectivity index is 2.09. The molecule has 1 heterocycles. The summed E-state index contributed by atoms with van der Waals surface area (Å²) < 4.78 is 0.952. The fourth-order valence-electron chi connectivity index (χ4n) is 2.39. The second-order valence-electron chi connectivity index (χ2n) is 5.12. The van der Waals surface area contributed by atoms with E-state index in [4.69, 9.17) is 9.97 Å². The van der Waals surface area contributed by atoms with Gasteiger partial charge in [-0.05, 0) is 35.7 Å². The van der Waals surface area contributed by atoms with Gasteiger partial charge >= 0.3 is 0 Å². The normalized spacial score (nSPS) is 14.9. The summed E-state index contributed by atoms with van der Waals surface area (Å²) >= 11 is 3.65. The van der Waals surface area contributed by atoms with Crippen LogP contribution in [0.25, 0.3) is 11.3 Å². The summed E-state index contributed by atoms with van der Waals surface area (Å²) in [5, 5.41) is 3.33. The average molecular weight is 332 g/mol. The third-order valence-corrected chi connectivity index (χ3v) is 4.48. The highest BCUT2D eigenvalue weighted by atomic mass is 79.9. The number of nitrogens with one attached hydrogen (secondary N) is 1. The Morgan fingerprint density at radius 2 is 1.95 bits per heavy atom. The fraction of sp³-hybridized carbons (Fsp3) is 0.375. The minimum atomic E-state index is 0.531. The maximum Gasteiger partial charge on any atom is 0.144 e. The predicted molar refractivity (Wildman–Crippen MR) is 85.9 cm³/mol. The maximum absolute atomic E-state index is 4.81. The van der Waals surface area contributed by atoms with Gasteiger partial charge in [-0.2, -0.15) is 0 Å². The number of anilines is 1. The van der Waals surface area contributed by atoms with Crippen LogP contribution in [0.4, 0.5) is 5.82 Å². The zero-order valence-electron chi connectivity index (χ0n) is 11.6. The number of nitrogens with zero attached hydrogens (tertiary/aromatic N) is 2. The molecule has 0 amide bonds. The van der Waals surface area contributed by atoms with Crippen molar-refractivity contribution in [3.63, 3.8) is 0 Å². The standard InChI is InChI=1S/C16H18BrN3/c1-2-18-16-13(17)14(11-7-4-3-5-8-11)19-15(20-16)12-9-6-10-12/h3-5,7-8,12H,2,6,9-10H2,1H3,(H,18,19,20). The van der Waals surface area contributed by atoms with E-state index in [1.54, 1.807) is 0 Å². The highest BCUT2D eigenvalue weighted by Crippen LogP contribution is 2.38. The summed E-state index contributed by atoms with van der Waals surface area (Å²) in [5.74, 6) is 2.42. The van der Waals surface area contributed by atoms with Crippen LogP contribution in [-0.2, 0) is 0 Å². The van der Waals surface area contributed by atoms with Crippen LogP contribution in [0.2, 0.25) is 0 Å². The molecule has 3 rings (SSSR count). The van der Waals surface area contributed by atoms with E-state index in [2.05, 4.69) is 40.3 Å². The first kappa shape index (κ1) is 13.6. The van der Waals surface area contributed by atoms with Crippen LogP contribution in [0.3, 0.4) is 0 Å².